The summed E-state index contributed by atoms with van der Waals surface area (Å²) in [7, 11) is -3.75. The minimum Gasteiger partial charge on any atom is -0.480 e. The summed E-state index contributed by atoms with van der Waals surface area (Å²) in [5.41, 5.74) is 0. The molecule has 0 spiro atoms. The number of carboxylic acid groups (broad SMARTS) is 1. The van der Waals surface area contributed by atoms with Crippen LogP contribution in [0.2, 0.25) is 0 Å². The van der Waals surface area contributed by atoms with Gasteiger partial charge in [0, 0.05) is 13.1 Å². The van der Waals surface area contributed by atoms with Gasteiger partial charge in [0.1, 0.15) is 6.04 Å². The number of hydrogen-bond acceptors (Lipinski definition) is 4. The number of nitrogens with one attached hydrogen (secondary N) is 1. The molecule has 0 aromatic carbocycles. The zero-order valence-corrected chi connectivity index (χ0v) is 11.5. The van der Waals surface area contributed by atoms with E-state index in [-0.39, 0.29) is 25.1 Å². The first-order valence-electron chi connectivity index (χ1n) is 6.57. The highest BCUT2D eigenvalue weighted by molar-refractivity contribution is 7.87. The summed E-state index contributed by atoms with van der Waals surface area (Å²) in [5, 5.41) is 18.2. The summed E-state index contributed by atoms with van der Waals surface area (Å²) in [6.07, 6.45) is 2.66. The summed E-state index contributed by atoms with van der Waals surface area (Å²) < 4.78 is 27.7. The van der Waals surface area contributed by atoms with Crippen LogP contribution in [0.3, 0.4) is 0 Å². The third-order valence-electron chi connectivity index (χ3n) is 3.81. The zero-order chi connectivity index (χ0) is 14.0. The lowest BCUT2D eigenvalue weighted by atomic mass is 9.83. The summed E-state index contributed by atoms with van der Waals surface area (Å²) in [6, 6.07) is -0.960. The number of carboxylic acids is 1. The van der Waals surface area contributed by atoms with E-state index in [1.807, 2.05) is 0 Å². The van der Waals surface area contributed by atoms with Crippen LogP contribution in [0, 0.1) is 5.92 Å². The molecule has 1 aliphatic heterocycles. The maximum absolute atomic E-state index is 12.1. The molecule has 7 nitrogen and oxygen atoms in total. The molecule has 2 fully saturated rings. The highest BCUT2D eigenvalue weighted by Gasteiger charge is 2.37. The van der Waals surface area contributed by atoms with Crippen LogP contribution in [0.25, 0.3) is 0 Å². The second-order valence-electron chi connectivity index (χ2n) is 5.31. The predicted octanol–water partition coefficient (Wildman–Crippen LogP) is -0.469. The molecule has 0 bridgehead atoms. The summed E-state index contributed by atoms with van der Waals surface area (Å²) >= 11 is 0. The molecular formula is C11H20N2O5S. The summed E-state index contributed by atoms with van der Waals surface area (Å²) in [6.45, 7) is 0.516. The Balaban J connectivity index is 1.94. The maximum atomic E-state index is 12.1. The van der Waals surface area contributed by atoms with E-state index >= 15 is 0 Å². The third kappa shape index (κ3) is 3.44. The smallest absolute Gasteiger partial charge is 0.322 e. The van der Waals surface area contributed by atoms with Crippen LogP contribution in [-0.4, -0.2) is 54.1 Å². The van der Waals surface area contributed by atoms with Gasteiger partial charge in [-0.1, -0.05) is 0 Å². The summed E-state index contributed by atoms with van der Waals surface area (Å²) in [4.78, 5) is 11.1. The minimum absolute atomic E-state index is 0.151. The number of nitrogens with zero attached hydrogens (tertiary/aromatic N) is 1. The molecular weight excluding hydrogens is 272 g/mol. The topological polar surface area (TPSA) is 107 Å². The van der Waals surface area contributed by atoms with Crippen LogP contribution in [0.15, 0.2) is 0 Å². The van der Waals surface area contributed by atoms with Gasteiger partial charge in [-0.3, -0.25) is 4.79 Å². The van der Waals surface area contributed by atoms with Gasteiger partial charge in [-0.05, 0) is 38.0 Å². The van der Waals surface area contributed by atoms with Crippen molar-refractivity contribution in [3.8, 4) is 0 Å². The van der Waals surface area contributed by atoms with Crippen LogP contribution >= 0.6 is 0 Å². The highest BCUT2D eigenvalue weighted by Crippen LogP contribution is 2.27. The fourth-order valence-corrected chi connectivity index (χ4v) is 4.12. The van der Waals surface area contributed by atoms with Crippen molar-refractivity contribution < 1.29 is 23.4 Å². The Labute approximate surface area is 112 Å². The second kappa shape index (κ2) is 5.74. The number of piperidine rings is 1. The van der Waals surface area contributed by atoms with Crippen molar-refractivity contribution in [1.29, 1.82) is 0 Å². The van der Waals surface area contributed by atoms with Gasteiger partial charge in [0.15, 0.2) is 0 Å². The van der Waals surface area contributed by atoms with Crippen molar-refractivity contribution in [3.05, 3.63) is 0 Å². The zero-order valence-electron chi connectivity index (χ0n) is 10.7. The normalized spacial score (nSPS) is 32.8. The van der Waals surface area contributed by atoms with Crippen molar-refractivity contribution in [1.82, 2.24) is 9.03 Å². The fraction of sp³-hybridized carbons (Fsp3) is 0.909. The lowest BCUT2D eigenvalue weighted by molar-refractivity contribution is -0.142. The molecule has 1 aliphatic carbocycles. The van der Waals surface area contributed by atoms with Gasteiger partial charge in [-0.15, -0.1) is 0 Å². The Kier molecular flexibility index (Phi) is 4.44. The molecule has 0 aromatic rings. The average Bonchev–Trinajstić information content (AvgIpc) is 2.33. The molecule has 1 heterocycles. The average molecular weight is 292 g/mol. The Morgan fingerprint density at radius 1 is 1.32 bits per heavy atom. The van der Waals surface area contributed by atoms with Gasteiger partial charge in [-0.25, -0.2) is 4.72 Å². The van der Waals surface area contributed by atoms with E-state index in [1.165, 1.54) is 0 Å². The number of aliphatic hydroxyl groups is 1. The van der Waals surface area contributed by atoms with Crippen molar-refractivity contribution in [2.45, 2.75) is 44.2 Å². The van der Waals surface area contributed by atoms with E-state index in [0.29, 0.717) is 25.7 Å². The molecule has 0 aromatic heterocycles. The highest BCUT2D eigenvalue weighted by atomic mass is 32.2. The van der Waals surface area contributed by atoms with Gasteiger partial charge >= 0.3 is 5.97 Å². The molecule has 110 valence electrons. The molecule has 1 saturated carbocycles. The van der Waals surface area contributed by atoms with Crippen LogP contribution in [0.1, 0.15) is 32.1 Å². The standard InChI is InChI=1S/C11H20N2O5S/c14-9-5-8(6-9)7-12-19(17,18)13-4-2-1-3-10(13)11(15)16/h8-10,12,14H,1-7H2,(H,15,16). The monoisotopic (exact) mass is 292 g/mol. The Bertz CT molecular complexity index is 432. The quantitative estimate of drug-likeness (QED) is 0.635. The maximum Gasteiger partial charge on any atom is 0.322 e. The number of carbonyl (C=O) groups is 1. The van der Waals surface area contributed by atoms with Gasteiger partial charge in [0.25, 0.3) is 10.2 Å². The molecule has 1 unspecified atom stereocenters. The van der Waals surface area contributed by atoms with Gasteiger partial charge in [0.05, 0.1) is 6.10 Å². The predicted molar refractivity (Wildman–Crippen MR) is 67.6 cm³/mol. The largest absolute Gasteiger partial charge is 0.480 e. The van der Waals surface area contributed by atoms with E-state index in [1.54, 1.807) is 0 Å². The third-order valence-corrected chi connectivity index (χ3v) is 5.40. The minimum atomic E-state index is -3.75. The number of rotatable bonds is 5. The van der Waals surface area contributed by atoms with Gasteiger partial charge in [-0.2, -0.15) is 12.7 Å². The first kappa shape index (κ1) is 14.7. The molecule has 8 heteroatoms. The molecule has 2 aliphatic rings. The van der Waals surface area contributed by atoms with E-state index in [4.69, 9.17) is 10.2 Å². The van der Waals surface area contributed by atoms with Crippen LogP contribution in [-0.2, 0) is 15.0 Å². The van der Waals surface area contributed by atoms with Crippen LogP contribution < -0.4 is 4.72 Å². The van der Waals surface area contributed by atoms with Crippen molar-refractivity contribution in [2.75, 3.05) is 13.1 Å². The van der Waals surface area contributed by atoms with Gasteiger partial charge < -0.3 is 10.2 Å². The van der Waals surface area contributed by atoms with E-state index in [2.05, 4.69) is 4.72 Å². The SMILES string of the molecule is O=C(O)C1CCCCN1S(=O)(=O)NCC1CC(O)C1. The molecule has 1 saturated heterocycles. The van der Waals surface area contributed by atoms with Crippen molar-refractivity contribution in [2.24, 2.45) is 5.92 Å². The molecule has 3 N–H and O–H groups in total. The molecule has 19 heavy (non-hydrogen) atoms. The van der Waals surface area contributed by atoms with Crippen molar-refractivity contribution in [3.63, 3.8) is 0 Å². The number of aliphatic hydroxyl groups excluding tert-OH is 1. The summed E-state index contributed by atoms with van der Waals surface area (Å²) in [5.74, 6) is -0.943. The molecule has 0 amide bonds. The van der Waals surface area contributed by atoms with Crippen LogP contribution in [0.4, 0.5) is 0 Å². The molecule has 1 atom stereocenters. The van der Waals surface area contributed by atoms with E-state index in [9.17, 15) is 13.2 Å². The number of hydrogen-bond donors (Lipinski definition) is 3. The Hall–Kier alpha value is -0.700. The second-order valence-corrected chi connectivity index (χ2v) is 7.01. The van der Waals surface area contributed by atoms with E-state index < -0.39 is 22.2 Å². The van der Waals surface area contributed by atoms with Crippen LogP contribution in [0.5, 0.6) is 0 Å². The van der Waals surface area contributed by atoms with E-state index in [0.717, 1.165) is 10.7 Å². The molecule has 2 rings (SSSR count). The van der Waals surface area contributed by atoms with Crippen molar-refractivity contribution >= 4 is 16.2 Å². The molecule has 0 radical (unpaired) electrons. The first-order chi connectivity index (χ1) is 8.90. The Morgan fingerprint density at radius 3 is 2.58 bits per heavy atom. The number of aliphatic carboxylic acids is 1. The first-order valence-corrected chi connectivity index (χ1v) is 8.01. The van der Waals surface area contributed by atoms with Gasteiger partial charge in [0.2, 0.25) is 0 Å². The lowest BCUT2D eigenvalue weighted by Crippen LogP contribution is -2.53. The Morgan fingerprint density at radius 2 is 2.00 bits per heavy atom. The lowest BCUT2D eigenvalue weighted by Gasteiger charge is -2.34. The fourth-order valence-electron chi connectivity index (χ4n) is 2.61.